The first-order valence-electron chi connectivity index (χ1n) is 6.56. The van der Waals surface area contributed by atoms with Crippen LogP contribution in [0.2, 0.25) is 5.02 Å². The molecule has 2 aromatic carbocycles. The number of anilines is 1. The quantitative estimate of drug-likeness (QED) is 0.776. The molecule has 1 aromatic heterocycles. The number of rotatable bonds is 2. The molecule has 0 saturated carbocycles. The number of hydrogen-bond acceptors (Lipinski definition) is 4. The van der Waals surface area contributed by atoms with E-state index in [0.717, 1.165) is 11.1 Å². The van der Waals surface area contributed by atoms with Crippen LogP contribution in [-0.4, -0.2) is 17.1 Å². The highest BCUT2D eigenvalue weighted by Crippen LogP contribution is 2.39. The number of aromatic nitrogens is 2. The average molecular weight is 318 g/mol. The zero-order chi connectivity index (χ0) is 15.9. The number of fused-ring (bicyclic) bond motifs is 1. The van der Waals surface area contributed by atoms with Crippen molar-refractivity contribution in [1.82, 2.24) is 9.97 Å². The van der Waals surface area contributed by atoms with Crippen LogP contribution in [0.1, 0.15) is 5.56 Å². The summed E-state index contributed by atoms with van der Waals surface area (Å²) < 4.78 is 19.5. The minimum atomic E-state index is -0.522. The molecule has 3 aromatic rings. The number of nitrogen functional groups attached to an aromatic ring is 1. The lowest BCUT2D eigenvalue weighted by molar-refractivity contribution is 0.392. The Morgan fingerprint density at radius 2 is 2.00 bits per heavy atom. The number of benzene rings is 2. The van der Waals surface area contributed by atoms with Crippen molar-refractivity contribution in [2.24, 2.45) is 0 Å². The third-order valence-corrected chi connectivity index (χ3v) is 4.02. The van der Waals surface area contributed by atoms with E-state index in [0.29, 0.717) is 21.5 Å². The van der Waals surface area contributed by atoms with E-state index < -0.39 is 5.82 Å². The van der Waals surface area contributed by atoms with Crippen LogP contribution in [0.25, 0.3) is 22.0 Å². The van der Waals surface area contributed by atoms with Crippen LogP contribution in [0.4, 0.5) is 10.2 Å². The van der Waals surface area contributed by atoms with Gasteiger partial charge in [-0.15, -0.1) is 0 Å². The zero-order valence-corrected chi connectivity index (χ0v) is 12.8. The van der Waals surface area contributed by atoms with Gasteiger partial charge in [-0.25, -0.2) is 14.4 Å². The minimum absolute atomic E-state index is 0.0385. The lowest BCUT2D eigenvalue weighted by atomic mass is 9.97. The molecule has 0 atom stereocenters. The first-order chi connectivity index (χ1) is 10.5. The maximum Gasteiger partial charge on any atom is 0.167 e. The molecule has 4 nitrogen and oxygen atoms in total. The summed E-state index contributed by atoms with van der Waals surface area (Å²) in [6.07, 6.45) is 1.35. The second-order valence-electron chi connectivity index (χ2n) is 4.83. The molecule has 3 rings (SSSR count). The molecule has 0 aliphatic heterocycles. The van der Waals surface area contributed by atoms with Crippen LogP contribution in [-0.2, 0) is 0 Å². The van der Waals surface area contributed by atoms with Crippen molar-refractivity contribution in [3.63, 3.8) is 0 Å². The van der Waals surface area contributed by atoms with E-state index in [4.69, 9.17) is 22.1 Å². The van der Waals surface area contributed by atoms with Crippen LogP contribution in [0.5, 0.6) is 5.75 Å². The van der Waals surface area contributed by atoms with Crippen molar-refractivity contribution >= 4 is 28.3 Å². The third-order valence-electron chi connectivity index (χ3n) is 3.61. The largest absolute Gasteiger partial charge is 0.493 e. The van der Waals surface area contributed by atoms with E-state index in [9.17, 15) is 4.39 Å². The summed E-state index contributed by atoms with van der Waals surface area (Å²) in [6.45, 7) is 1.87. The van der Waals surface area contributed by atoms with Gasteiger partial charge >= 0.3 is 0 Å². The van der Waals surface area contributed by atoms with Gasteiger partial charge in [0.2, 0.25) is 0 Å². The van der Waals surface area contributed by atoms with Crippen molar-refractivity contribution in [2.75, 3.05) is 12.8 Å². The number of ether oxygens (including phenoxy) is 1. The van der Waals surface area contributed by atoms with Gasteiger partial charge in [0, 0.05) is 10.6 Å². The van der Waals surface area contributed by atoms with E-state index in [1.165, 1.54) is 19.5 Å². The smallest absolute Gasteiger partial charge is 0.167 e. The molecule has 0 aliphatic rings. The Morgan fingerprint density at radius 3 is 2.73 bits per heavy atom. The summed E-state index contributed by atoms with van der Waals surface area (Å²) in [4.78, 5) is 8.18. The lowest BCUT2D eigenvalue weighted by Gasteiger charge is -2.14. The van der Waals surface area contributed by atoms with Crippen molar-refractivity contribution in [3.8, 4) is 16.9 Å². The molecule has 2 N–H and O–H groups in total. The van der Waals surface area contributed by atoms with E-state index in [-0.39, 0.29) is 11.6 Å². The molecule has 0 bridgehead atoms. The Bertz CT molecular complexity index is 883. The standard InChI is InChI=1S/C16H13ClFN3O/c1-8-9(4-3-5-11(8)17)10-6-12(18)15(22-2)13-14(10)20-7-21-16(13)19/h3-7H,1-2H3,(H2,19,20,21). The fourth-order valence-corrected chi connectivity index (χ4v) is 2.69. The Balaban J connectivity index is 2.46. The predicted molar refractivity (Wildman–Crippen MR) is 85.6 cm³/mol. The average Bonchev–Trinajstić information content (AvgIpc) is 2.50. The Kier molecular flexibility index (Phi) is 3.58. The van der Waals surface area contributed by atoms with Crippen LogP contribution in [0.3, 0.4) is 0 Å². The number of methoxy groups -OCH3 is 1. The molecule has 0 saturated heterocycles. The molecule has 0 radical (unpaired) electrons. The van der Waals surface area contributed by atoms with Crippen molar-refractivity contribution in [1.29, 1.82) is 0 Å². The highest BCUT2D eigenvalue weighted by atomic mass is 35.5. The van der Waals surface area contributed by atoms with Gasteiger partial charge in [-0.05, 0) is 30.2 Å². The highest BCUT2D eigenvalue weighted by Gasteiger charge is 2.19. The summed E-state index contributed by atoms with van der Waals surface area (Å²) in [5.41, 5.74) is 8.65. The maximum absolute atomic E-state index is 14.4. The Hall–Kier alpha value is -2.40. The molecule has 0 aliphatic carbocycles. The molecular weight excluding hydrogens is 305 g/mol. The third kappa shape index (κ3) is 2.14. The van der Waals surface area contributed by atoms with Gasteiger partial charge in [-0.3, -0.25) is 0 Å². The monoisotopic (exact) mass is 317 g/mol. The second-order valence-corrected chi connectivity index (χ2v) is 5.24. The zero-order valence-electron chi connectivity index (χ0n) is 12.0. The number of halogens is 2. The van der Waals surface area contributed by atoms with Gasteiger partial charge in [0.05, 0.1) is 18.0 Å². The fourth-order valence-electron chi connectivity index (χ4n) is 2.51. The summed E-state index contributed by atoms with van der Waals surface area (Å²) in [6, 6.07) is 6.83. The second kappa shape index (κ2) is 5.42. The van der Waals surface area contributed by atoms with E-state index in [2.05, 4.69) is 9.97 Å². The molecular formula is C16H13ClFN3O. The summed E-state index contributed by atoms with van der Waals surface area (Å²) in [5.74, 6) is -0.315. The number of nitrogens with zero attached hydrogens (tertiary/aromatic N) is 2. The first-order valence-corrected chi connectivity index (χ1v) is 6.94. The molecule has 112 valence electrons. The van der Waals surface area contributed by atoms with Crippen molar-refractivity contribution < 1.29 is 9.13 Å². The topological polar surface area (TPSA) is 61.0 Å². The van der Waals surface area contributed by atoms with Gasteiger partial charge in [0.25, 0.3) is 0 Å². The van der Waals surface area contributed by atoms with Crippen LogP contribution in [0, 0.1) is 12.7 Å². The molecule has 22 heavy (non-hydrogen) atoms. The lowest BCUT2D eigenvalue weighted by Crippen LogP contribution is -2.00. The number of hydrogen-bond donors (Lipinski definition) is 1. The molecule has 0 amide bonds. The molecule has 6 heteroatoms. The Morgan fingerprint density at radius 1 is 1.23 bits per heavy atom. The summed E-state index contributed by atoms with van der Waals surface area (Å²) in [5, 5.41) is 0.961. The summed E-state index contributed by atoms with van der Waals surface area (Å²) in [7, 11) is 1.38. The van der Waals surface area contributed by atoms with Crippen LogP contribution >= 0.6 is 11.6 Å². The van der Waals surface area contributed by atoms with Gasteiger partial charge in [-0.2, -0.15) is 0 Å². The number of nitrogens with two attached hydrogens (primary N) is 1. The predicted octanol–water partition coefficient (Wildman–Crippen LogP) is 3.99. The molecule has 1 heterocycles. The molecule has 0 fully saturated rings. The van der Waals surface area contributed by atoms with Gasteiger partial charge in [0.15, 0.2) is 11.6 Å². The Labute approximate surface area is 131 Å². The van der Waals surface area contributed by atoms with Gasteiger partial charge < -0.3 is 10.5 Å². The first kappa shape index (κ1) is 14.5. The van der Waals surface area contributed by atoms with Gasteiger partial charge in [-0.1, -0.05) is 23.7 Å². The normalized spacial score (nSPS) is 10.9. The highest BCUT2D eigenvalue weighted by molar-refractivity contribution is 6.31. The van der Waals surface area contributed by atoms with Gasteiger partial charge in [0.1, 0.15) is 12.1 Å². The van der Waals surface area contributed by atoms with Crippen LogP contribution < -0.4 is 10.5 Å². The molecule has 0 unspecified atom stereocenters. The van der Waals surface area contributed by atoms with E-state index >= 15 is 0 Å². The van der Waals surface area contributed by atoms with Crippen LogP contribution in [0.15, 0.2) is 30.6 Å². The van der Waals surface area contributed by atoms with Crippen molar-refractivity contribution in [3.05, 3.63) is 47.0 Å². The summed E-state index contributed by atoms with van der Waals surface area (Å²) >= 11 is 6.17. The maximum atomic E-state index is 14.4. The van der Waals surface area contributed by atoms with E-state index in [1.54, 1.807) is 6.07 Å². The van der Waals surface area contributed by atoms with Crippen molar-refractivity contribution in [2.45, 2.75) is 6.92 Å². The SMILES string of the molecule is COc1c(F)cc(-c2cccc(Cl)c2C)c2ncnc(N)c12. The fraction of sp³-hybridized carbons (Fsp3) is 0.125. The molecule has 0 spiro atoms. The minimum Gasteiger partial charge on any atom is -0.493 e. The van der Waals surface area contributed by atoms with E-state index in [1.807, 2.05) is 19.1 Å².